The Kier molecular flexibility index (Phi) is 5.85. The van der Waals surface area contributed by atoms with E-state index in [1.54, 1.807) is 12.1 Å². The van der Waals surface area contributed by atoms with Crippen LogP contribution in [-0.2, 0) is 23.5 Å². The number of aliphatic carboxylic acids is 1. The number of benzene rings is 1. The maximum Gasteiger partial charge on any atom is 0.334 e. The van der Waals surface area contributed by atoms with Crippen molar-refractivity contribution in [2.24, 2.45) is 0 Å². The van der Waals surface area contributed by atoms with E-state index in [2.05, 4.69) is 0 Å². The zero-order valence-electron chi connectivity index (χ0n) is 14.2. The Bertz CT molecular complexity index is 685. The molecule has 1 aliphatic carbocycles. The topological polar surface area (TPSA) is 89.9 Å². The molecule has 24 heavy (non-hydrogen) atoms. The van der Waals surface area contributed by atoms with Crippen molar-refractivity contribution in [3.8, 4) is 0 Å². The largest absolute Gasteiger partial charge is 0.479 e. The lowest BCUT2D eigenvalue weighted by molar-refractivity contribution is -0.161. The van der Waals surface area contributed by atoms with Gasteiger partial charge in [-0.05, 0) is 51.4 Å². The normalized spacial score (nSPS) is 24.9. The molecule has 0 amide bonds. The first-order valence-corrected chi connectivity index (χ1v) is 12.2. The number of carboxylic acids is 1. The van der Waals surface area contributed by atoms with Crippen LogP contribution in [0.5, 0.6) is 0 Å². The van der Waals surface area contributed by atoms with E-state index in [1.807, 2.05) is 20.0 Å². The quantitative estimate of drug-likeness (QED) is 0.609. The molecule has 0 saturated heterocycles. The summed E-state index contributed by atoms with van der Waals surface area (Å²) < 4.78 is 35.9. The lowest BCUT2D eigenvalue weighted by Gasteiger charge is -2.38. The van der Waals surface area contributed by atoms with E-state index in [4.69, 9.17) is 8.61 Å². The maximum atomic E-state index is 12.4. The first-order valence-electron chi connectivity index (χ1n) is 8.06. The lowest BCUT2D eigenvalue weighted by Crippen LogP contribution is -2.50. The highest BCUT2D eigenvalue weighted by Crippen LogP contribution is 2.35. The van der Waals surface area contributed by atoms with Crippen molar-refractivity contribution in [2.45, 2.75) is 62.3 Å². The summed E-state index contributed by atoms with van der Waals surface area (Å²) in [6, 6.07) is 6.39. The zero-order valence-corrected chi connectivity index (χ0v) is 16.2. The molecule has 0 spiro atoms. The van der Waals surface area contributed by atoms with E-state index in [-0.39, 0.29) is 11.3 Å². The standard InChI is InChI=1S/C16H24O6SSi/c1-12-6-8-14(9-7-12)23(19,20)21-13-5-4-10-16(11-13,15(17)18)22-24(2)3/h6-9,13,24H,4-5,10-11H2,1-3H3,(H,17,18). The highest BCUT2D eigenvalue weighted by atomic mass is 32.2. The highest BCUT2D eigenvalue weighted by Gasteiger charge is 2.46. The Balaban J connectivity index is 2.17. The second-order valence-corrected chi connectivity index (χ2v) is 10.5. The van der Waals surface area contributed by atoms with Crippen LogP contribution >= 0.6 is 0 Å². The number of aryl methyl sites for hydroxylation is 1. The van der Waals surface area contributed by atoms with Gasteiger partial charge in [-0.3, -0.25) is 4.18 Å². The average Bonchev–Trinajstić information content (AvgIpc) is 2.46. The minimum Gasteiger partial charge on any atom is -0.479 e. The molecule has 0 aliphatic heterocycles. The summed E-state index contributed by atoms with van der Waals surface area (Å²) in [5.41, 5.74) is -0.377. The van der Waals surface area contributed by atoms with Crippen molar-refractivity contribution < 1.29 is 26.9 Å². The van der Waals surface area contributed by atoms with Crippen molar-refractivity contribution >= 4 is 25.1 Å². The van der Waals surface area contributed by atoms with Crippen molar-refractivity contribution in [2.75, 3.05) is 0 Å². The van der Waals surface area contributed by atoms with Crippen LogP contribution in [0.1, 0.15) is 31.2 Å². The number of rotatable bonds is 6. The van der Waals surface area contributed by atoms with Gasteiger partial charge in [0.05, 0.1) is 11.0 Å². The summed E-state index contributed by atoms with van der Waals surface area (Å²) in [7, 11) is -5.52. The van der Waals surface area contributed by atoms with Gasteiger partial charge in [0.2, 0.25) is 0 Å². The molecule has 0 aromatic heterocycles. The minimum atomic E-state index is -3.92. The van der Waals surface area contributed by atoms with Crippen LogP contribution in [0.25, 0.3) is 0 Å². The van der Waals surface area contributed by atoms with E-state index in [0.717, 1.165) is 5.56 Å². The summed E-state index contributed by atoms with van der Waals surface area (Å²) in [4.78, 5) is 11.8. The minimum absolute atomic E-state index is 0.0542. The van der Waals surface area contributed by atoms with Gasteiger partial charge in [0, 0.05) is 6.42 Å². The van der Waals surface area contributed by atoms with Gasteiger partial charge >= 0.3 is 5.97 Å². The van der Waals surface area contributed by atoms with E-state index < -0.39 is 36.8 Å². The molecule has 2 rings (SSSR count). The molecule has 1 aromatic rings. The maximum absolute atomic E-state index is 12.4. The fourth-order valence-electron chi connectivity index (χ4n) is 3.01. The fourth-order valence-corrected chi connectivity index (χ4v) is 5.33. The first-order chi connectivity index (χ1) is 11.1. The van der Waals surface area contributed by atoms with Gasteiger partial charge in [-0.25, -0.2) is 4.79 Å². The van der Waals surface area contributed by atoms with Crippen molar-refractivity contribution in [3.63, 3.8) is 0 Å². The molecule has 1 saturated carbocycles. The van der Waals surface area contributed by atoms with Crippen molar-refractivity contribution in [1.82, 2.24) is 0 Å². The van der Waals surface area contributed by atoms with Crippen molar-refractivity contribution in [3.05, 3.63) is 29.8 Å². The third-order valence-electron chi connectivity index (χ3n) is 4.09. The molecule has 0 bridgehead atoms. The van der Waals surface area contributed by atoms with Crippen LogP contribution in [0.15, 0.2) is 29.2 Å². The van der Waals surface area contributed by atoms with Crippen LogP contribution < -0.4 is 0 Å². The van der Waals surface area contributed by atoms with Crippen LogP contribution in [0.3, 0.4) is 0 Å². The molecule has 8 heteroatoms. The molecular formula is C16H24O6SSi. The smallest absolute Gasteiger partial charge is 0.334 e. The number of hydrogen-bond acceptors (Lipinski definition) is 5. The van der Waals surface area contributed by atoms with E-state index in [0.29, 0.717) is 19.3 Å². The Hall–Kier alpha value is -1.22. The summed E-state index contributed by atoms with van der Waals surface area (Å²) in [5.74, 6) is -1.04. The summed E-state index contributed by atoms with van der Waals surface area (Å²) in [6.45, 7) is 5.67. The summed E-state index contributed by atoms with van der Waals surface area (Å²) >= 11 is 0. The van der Waals surface area contributed by atoms with Crippen LogP contribution in [-0.4, -0.2) is 40.2 Å². The third-order valence-corrected chi connectivity index (χ3v) is 6.39. The zero-order chi connectivity index (χ0) is 18.0. The number of carboxylic acid groups (broad SMARTS) is 1. The Morgan fingerprint density at radius 2 is 1.92 bits per heavy atom. The van der Waals surface area contributed by atoms with Gasteiger partial charge < -0.3 is 9.53 Å². The van der Waals surface area contributed by atoms with Gasteiger partial charge in [-0.1, -0.05) is 17.7 Å². The van der Waals surface area contributed by atoms with Gasteiger partial charge in [-0.15, -0.1) is 0 Å². The molecule has 2 atom stereocenters. The molecule has 1 fully saturated rings. The Morgan fingerprint density at radius 1 is 1.29 bits per heavy atom. The van der Waals surface area contributed by atoms with Gasteiger partial charge in [0.25, 0.3) is 10.1 Å². The SMILES string of the molecule is Cc1ccc(S(=O)(=O)OC2CCCC(O[SiH](C)C)(C(=O)O)C2)cc1. The highest BCUT2D eigenvalue weighted by molar-refractivity contribution is 7.86. The predicted molar refractivity (Wildman–Crippen MR) is 92.0 cm³/mol. The van der Waals surface area contributed by atoms with Crippen LogP contribution in [0.2, 0.25) is 13.1 Å². The fraction of sp³-hybridized carbons (Fsp3) is 0.562. The molecule has 1 aromatic carbocycles. The van der Waals surface area contributed by atoms with Crippen LogP contribution in [0, 0.1) is 6.92 Å². The van der Waals surface area contributed by atoms with E-state index >= 15 is 0 Å². The molecule has 0 radical (unpaired) electrons. The first kappa shape index (κ1) is 19.1. The molecule has 1 aliphatic rings. The second-order valence-electron chi connectivity index (χ2n) is 6.55. The Labute approximate surface area is 144 Å². The summed E-state index contributed by atoms with van der Waals surface area (Å²) in [6.07, 6.45) is 0.815. The molecule has 134 valence electrons. The average molecular weight is 373 g/mol. The van der Waals surface area contributed by atoms with Crippen LogP contribution in [0.4, 0.5) is 0 Å². The lowest BCUT2D eigenvalue weighted by atomic mass is 9.83. The van der Waals surface area contributed by atoms with Crippen molar-refractivity contribution in [1.29, 1.82) is 0 Å². The molecule has 1 N–H and O–H groups in total. The second kappa shape index (κ2) is 7.34. The third kappa shape index (κ3) is 4.44. The predicted octanol–water partition coefficient (Wildman–Crippen LogP) is 2.47. The molecule has 0 heterocycles. The molecule has 6 nitrogen and oxygen atoms in total. The van der Waals surface area contributed by atoms with E-state index in [9.17, 15) is 18.3 Å². The summed E-state index contributed by atoms with van der Waals surface area (Å²) in [5, 5.41) is 9.59. The molecular weight excluding hydrogens is 348 g/mol. The Morgan fingerprint density at radius 3 is 2.46 bits per heavy atom. The molecule has 2 unspecified atom stereocenters. The number of hydrogen-bond donors (Lipinski definition) is 1. The van der Waals surface area contributed by atoms with Gasteiger partial charge in [-0.2, -0.15) is 8.42 Å². The number of carbonyl (C=O) groups is 1. The van der Waals surface area contributed by atoms with Gasteiger partial charge in [0.1, 0.15) is 0 Å². The monoisotopic (exact) mass is 372 g/mol. The van der Waals surface area contributed by atoms with Gasteiger partial charge in [0.15, 0.2) is 14.6 Å². The van der Waals surface area contributed by atoms with E-state index in [1.165, 1.54) is 12.1 Å².